The lowest BCUT2D eigenvalue weighted by molar-refractivity contribution is -0.142. The van der Waals surface area contributed by atoms with Crippen molar-refractivity contribution in [2.75, 3.05) is 31.7 Å². The van der Waals surface area contributed by atoms with Crippen LogP contribution in [0.4, 0.5) is 0 Å². The molecule has 83 heavy (non-hydrogen) atoms. The highest BCUT2D eigenvalue weighted by Crippen LogP contribution is 2.16. The van der Waals surface area contributed by atoms with Gasteiger partial charge < -0.3 is 84.1 Å². The number of hydrogen-bond acceptors (Lipinski definition) is 17. The van der Waals surface area contributed by atoms with E-state index in [1.54, 1.807) is 50.4 Å². The molecule has 0 bridgehead atoms. The number of aromatic amines is 1. The maximum Gasteiger partial charge on any atom is 0.326 e. The molecule has 28 heteroatoms. The summed E-state index contributed by atoms with van der Waals surface area (Å²) in [5.41, 5.74) is 7.40. The fourth-order valence-corrected chi connectivity index (χ4v) is 8.67. The zero-order valence-electron chi connectivity index (χ0n) is 46.3. The van der Waals surface area contributed by atoms with Crippen LogP contribution >= 0.6 is 11.8 Å². The molecule has 0 aliphatic rings. The summed E-state index contributed by atoms with van der Waals surface area (Å²) in [5.74, 6) is -10.1. The van der Waals surface area contributed by atoms with Gasteiger partial charge in [-0.05, 0) is 72.2 Å². The lowest BCUT2D eigenvalue weighted by Crippen LogP contribution is -2.62. The fraction of sp³-hybridized carbons (Fsp3) is 0.436. The highest BCUT2D eigenvalue weighted by Gasteiger charge is 2.36. The number of carboxylic acid groups (broad SMARTS) is 1. The molecule has 4 aromatic rings. The number of rotatable bonds is 34. The normalized spacial score (nSPS) is 14.6. The number of nitrogens with zero attached hydrogens (tertiary/aromatic N) is 1. The number of aromatic hydroxyl groups is 2. The molecule has 0 aliphatic carbocycles. The van der Waals surface area contributed by atoms with Gasteiger partial charge in [0.15, 0.2) is 0 Å². The summed E-state index contributed by atoms with van der Waals surface area (Å²) >= 11 is 1.35. The summed E-state index contributed by atoms with van der Waals surface area (Å²) in [6, 6.07) is 8.16. The number of phenols is 2. The van der Waals surface area contributed by atoms with Crippen molar-refractivity contribution in [3.8, 4) is 11.5 Å². The van der Waals surface area contributed by atoms with E-state index in [-0.39, 0.29) is 50.0 Å². The number of H-pyrrole nitrogens is 1. The minimum Gasteiger partial charge on any atom is -0.508 e. The lowest BCUT2D eigenvalue weighted by atomic mass is 9.97. The summed E-state index contributed by atoms with van der Waals surface area (Å²) in [7, 11) is 0. The number of amides is 9. The van der Waals surface area contributed by atoms with Crippen LogP contribution < -0.4 is 53.6 Å². The van der Waals surface area contributed by atoms with Gasteiger partial charge in [0.1, 0.15) is 59.8 Å². The average Bonchev–Trinajstić information content (AvgIpc) is 4.01. The number of nitrogens with one attached hydrogen (secondary N) is 10. The third-order valence-corrected chi connectivity index (χ3v) is 13.7. The molecule has 0 fully saturated rings. The number of benzene rings is 3. The third kappa shape index (κ3) is 22.3. The first-order valence-electron chi connectivity index (χ1n) is 26.5. The van der Waals surface area contributed by atoms with E-state index in [0.717, 1.165) is 0 Å². The lowest BCUT2D eigenvalue weighted by Gasteiger charge is -2.29. The van der Waals surface area contributed by atoms with Crippen molar-refractivity contribution in [1.29, 1.82) is 0 Å². The summed E-state index contributed by atoms with van der Waals surface area (Å²) < 4.78 is 0. The molecular weight excluding hydrogens is 1100 g/mol. The van der Waals surface area contributed by atoms with Crippen LogP contribution in [0.25, 0.3) is 0 Å². The van der Waals surface area contributed by atoms with Crippen LogP contribution in [-0.4, -0.2) is 181 Å². The summed E-state index contributed by atoms with van der Waals surface area (Å²) in [4.78, 5) is 142. The number of aliphatic hydroxyl groups excluding tert-OH is 2. The van der Waals surface area contributed by atoms with Crippen molar-refractivity contribution in [2.45, 2.75) is 114 Å². The molecular formula is C55H74N12O15S. The third-order valence-electron chi connectivity index (χ3n) is 13.1. The Balaban J connectivity index is 1.51. The topological polar surface area (TPSA) is 435 Å². The highest BCUT2D eigenvalue weighted by molar-refractivity contribution is 7.98. The van der Waals surface area contributed by atoms with E-state index in [1.807, 2.05) is 0 Å². The molecule has 0 saturated carbocycles. The summed E-state index contributed by atoms with van der Waals surface area (Å²) in [5, 5.41) is 73.2. The van der Waals surface area contributed by atoms with Gasteiger partial charge in [0.25, 0.3) is 0 Å². The average molecular weight is 1180 g/mol. The molecule has 27 nitrogen and oxygen atoms in total. The molecule has 4 rings (SSSR count). The number of carboxylic acids is 1. The van der Waals surface area contributed by atoms with Gasteiger partial charge in [-0.1, -0.05) is 74.9 Å². The van der Waals surface area contributed by atoms with Crippen LogP contribution in [0.2, 0.25) is 0 Å². The van der Waals surface area contributed by atoms with Gasteiger partial charge >= 0.3 is 5.97 Å². The van der Waals surface area contributed by atoms with Crippen molar-refractivity contribution in [3.05, 3.63) is 114 Å². The Bertz CT molecular complexity index is 2790. The number of hydrogen-bond donors (Lipinski definition) is 16. The highest BCUT2D eigenvalue weighted by atomic mass is 32.2. The SMILES string of the molecule is CC[C@H](C)[C@H](NC(=O)[C@H](CO)NC(=O)[C@H](Cc1ccccc1)NC(=O)CN)C(=O)N[C@H](C(=O)NCC(=O)N[C@@H](Cc1ccc(O)cc1)C(=O)N[C@@H](Cc1ccc(O)cc1)C(=O)N[C@@H](CCSC)C(=O)N[C@@H](Cc1cnc[nH]1)C(=O)O)[C@@H](C)O. The van der Waals surface area contributed by atoms with Crippen LogP contribution in [0.5, 0.6) is 11.5 Å². The Morgan fingerprint density at radius 2 is 1.05 bits per heavy atom. The molecule has 0 saturated heterocycles. The van der Waals surface area contributed by atoms with E-state index < -0.39 is 139 Å². The second-order valence-corrected chi connectivity index (χ2v) is 20.5. The van der Waals surface area contributed by atoms with Crippen molar-refractivity contribution in [2.24, 2.45) is 11.7 Å². The first-order valence-corrected chi connectivity index (χ1v) is 27.9. The zero-order valence-corrected chi connectivity index (χ0v) is 47.1. The molecule has 3 aromatic carbocycles. The van der Waals surface area contributed by atoms with Crippen molar-refractivity contribution < 1.29 is 73.5 Å². The van der Waals surface area contributed by atoms with E-state index in [9.17, 15) is 73.5 Å². The van der Waals surface area contributed by atoms with E-state index in [0.29, 0.717) is 28.1 Å². The predicted octanol–water partition coefficient (Wildman–Crippen LogP) is -2.70. The molecule has 0 spiro atoms. The second-order valence-electron chi connectivity index (χ2n) is 19.5. The number of aromatic nitrogens is 2. The van der Waals surface area contributed by atoms with Gasteiger partial charge in [0.05, 0.1) is 32.1 Å². The second kappa shape index (κ2) is 34.0. The van der Waals surface area contributed by atoms with Crippen LogP contribution in [0.1, 0.15) is 56.0 Å². The number of nitrogens with two attached hydrogens (primary N) is 1. The Hall–Kier alpha value is -8.60. The monoisotopic (exact) mass is 1170 g/mol. The zero-order chi connectivity index (χ0) is 61.2. The molecule has 0 unspecified atom stereocenters. The van der Waals surface area contributed by atoms with Crippen LogP contribution in [0, 0.1) is 5.92 Å². The number of carbonyl (C=O) groups excluding carboxylic acids is 9. The van der Waals surface area contributed by atoms with Crippen molar-refractivity contribution >= 4 is 70.9 Å². The molecule has 9 amide bonds. The predicted molar refractivity (Wildman–Crippen MR) is 302 cm³/mol. The van der Waals surface area contributed by atoms with Crippen molar-refractivity contribution in [1.82, 2.24) is 57.8 Å². The van der Waals surface area contributed by atoms with E-state index in [4.69, 9.17) is 5.73 Å². The van der Waals surface area contributed by atoms with Gasteiger partial charge in [-0.15, -0.1) is 0 Å². The Morgan fingerprint density at radius 1 is 0.578 bits per heavy atom. The van der Waals surface area contributed by atoms with Gasteiger partial charge in [-0.2, -0.15) is 11.8 Å². The van der Waals surface area contributed by atoms with Crippen LogP contribution in [-0.2, 0) is 73.6 Å². The van der Waals surface area contributed by atoms with Gasteiger partial charge in [0.2, 0.25) is 53.2 Å². The maximum absolute atomic E-state index is 14.4. The largest absolute Gasteiger partial charge is 0.508 e. The number of phenolic OH excluding ortho intramolecular Hbond substituents is 2. The summed E-state index contributed by atoms with van der Waals surface area (Å²) in [6.45, 7) is 2.24. The molecule has 10 atom stereocenters. The first-order chi connectivity index (χ1) is 39.5. The van der Waals surface area contributed by atoms with Crippen LogP contribution in [0.15, 0.2) is 91.4 Å². The van der Waals surface area contributed by atoms with Crippen molar-refractivity contribution in [3.63, 3.8) is 0 Å². The molecule has 0 aliphatic heterocycles. The molecule has 17 N–H and O–H groups in total. The van der Waals surface area contributed by atoms with Gasteiger partial charge in [-0.25, -0.2) is 9.78 Å². The Labute approximate surface area is 482 Å². The maximum atomic E-state index is 14.4. The Kier molecular flexibility index (Phi) is 27.4. The van der Waals surface area contributed by atoms with E-state index >= 15 is 0 Å². The molecule has 0 radical (unpaired) electrons. The number of aliphatic carboxylic acids is 1. The molecule has 1 aromatic heterocycles. The number of thioether (sulfide) groups is 1. The summed E-state index contributed by atoms with van der Waals surface area (Å²) in [6.07, 6.45) is 2.58. The molecule has 1 heterocycles. The molecule has 450 valence electrons. The minimum absolute atomic E-state index is 0.000952. The van der Waals surface area contributed by atoms with E-state index in [1.165, 1.54) is 79.7 Å². The number of imidazole rings is 1. The smallest absolute Gasteiger partial charge is 0.326 e. The number of aliphatic hydroxyl groups is 2. The number of carbonyl (C=O) groups is 10. The van der Waals surface area contributed by atoms with E-state index in [2.05, 4.69) is 57.8 Å². The standard InChI is InChI=1S/C55H74N12O15S/c1-5-30(2)46(66-52(78)43(28-68)65-50(76)39(60-44(72)25-56)21-32-9-7-6-8-10-32)54(80)67-47(31(3)69)53(79)58-27-45(73)61-40(22-33-11-15-36(70)16-12-33)49(75)63-41(23-34-13-17-37(71)18-14-34)51(77)62-38(19-20-83-4)48(74)64-42(55(81)82)24-35-26-57-29-59-35/h6-18,26,29-31,38-43,46-47,68-71H,5,19-25,27-28,56H2,1-4H3,(H,57,59)(H,58,79)(H,60,72)(H,61,73)(H,62,77)(H,63,75)(H,64,74)(H,65,76)(H,66,78)(H,67,80)(H,81,82)/t30-,31+,38-,39-,40-,41-,42-,43-,46-,47-/m0/s1. The van der Waals surface area contributed by atoms with Gasteiger partial charge in [0, 0.05) is 37.6 Å². The quantitative estimate of drug-likeness (QED) is 0.0226. The Morgan fingerprint density at radius 3 is 1.53 bits per heavy atom. The fourth-order valence-electron chi connectivity index (χ4n) is 8.20. The minimum atomic E-state index is -1.75. The van der Waals surface area contributed by atoms with Gasteiger partial charge in [-0.3, -0.25) is 43.2 Å². The first kappa shape index (κ1) is 66.9. The van der Waals surface area contributed by atoms with Crippen LogP contribution in [0.3, 0.4) is 0 Å².